The third kappa shape index (κ3) is 1.61. The zero-order valence-corrected chi connectivity index (χ0v) is 9.71. The van der Waals surface area contributed by atoms with E-state index in [1.807, 2.05) is 20.8 Å². The van der Waals surface area contributed by atoms with Crippen LogP contribution in [0.15, 0.2) is 0 Å². The van der Waals surface area contributed by atoms with Crippen molar-refractivity contribution in [1.82, 2.24) is 10.2 Å². The van der Waals surface area contributed by atoms with Gasteiger partial charge in [0.2, 0.25) is 0 Å². The molecule has 1 amide bonds. The molecule has 2 fully saturated rings. The number of piperidine rings is 1. The zero-order chi connectivity index (χ0) is 11.3. The third-order valence-corrected chi connectivity index (χ3v) is 3.64. The van der Waals surface area contributed by atoms with Crippen molar-refractivity contribution in [2.24, 2.45) is 0 Å². The van der Waals surface area contributed by atoms with Gasteiger partial charge in [-0.25, -0.2) is 4.79 Å². The Morgan fingerprint density at radius 2 is 2.20 bits per heavy atom. The molecule has 4 heteroatoms. The van der Waals surface area contributed by atoms with E-state index in [-0.39, 0.29) is 11.1 Å². The van der Waals surface area contributed by atoms with Gasteiger partial charge in [0.05, 0.1) is 5.54 Å². The van der Waals surface area contributed by atoms with Crippen LogP contribution in [0.25, 0.3) is 0 Å². The molecule has 4 nitrogen and oxygen atoms in total. The Bertz CT molecular complexity index is 275. The Balaban J connectivity index is 2.29. The third-order valence-electron chi connectivity index (χ3n) is 3.64. The molecule has 1 saturated heterocycles. The second-order valence-corrected chi connectivity index (χ2v) is 5.83. The molecule has 2 unspecified atom stereocenters. The van der Waals surface area contributed by atoms with Crippen LogP contribution >= 0.6 is 0 Å². The van der Waals surface area contributed by atoms with Gasteiger partial charge in [-0.15, -0.1) is 0 Å². The molecule has 86 valence electrons. The van der Waals surface area contributed by atoms with Crippen LogP contribution in [0.4, 0.5) is 4.79 Å². The number of amides is 1. The molecule has 0 aromatic rings. The summed E-state index contributed by atoms with van der Waals surface area (Å²) >= 11 is 0. The van der Waals surface area contributed by atoms with Crippen LogP contribution in [0.1, 0.15) is 40.0 Å². The Morgan fingerprint density at radius 1 is 1.53 bits per heavy atom. The predicted molar refractivity (Wildman–Crippen MR) is 58.0 cm³/mol. The van der Waals surface area contributed by atoms with E-state index >= 15 is 0 Å². The summed E-state index contributed by atoms with van der Waals surface area (Å²) in [6.07, 6.45) is 2.32. The summed E-state index contributed by atoms with van der Waals surface area (Å²) in [5.74, 6) is 0. The largest absolute Gasteiger partial charge is 0.465 e. The summed E-state index contributed by atoms with van der Waals surface area (Å²) in [7, 11) is 0. The standard InChI is InChI=1S/C11H20N2O2/c1-10(2,3)13(9(14)15)11-5-4-8(6-11)12-7-11/h8,12H,4-7H2,1-3H3,(H,14,15). The zero-order valence-electron chi connectivity index (χ0n) is 9.71. The molecule has 0 spiro atoms. The Hall–Kier alpha value is -0.770. The number of nitrogens with zero attached hydrogens (tertiary/aromatic N) is 1. The number of fused-ring (bicyclic) bond motifs is 2. The summed E-state index contributed by atoms with van der Waals surface area (Å²) in [6, 6.07) is 0.536. The molecular formula is C11H20N2O2. The molecule has 2 atom stereocenters. The first-order chi connectivity index (χ1) is 6.85. The number of nitrogens with one attached hydrogen (secondary N) is 1. The number of hydrogen-bond acceptors (Lipinski definition) is 2. The Labute approximate surface area is 90.6 Å². The Morgan fingerprint density at radius 3 is 2.47 bits per heavy atom. The number of carboxylic acid groups (broad SMARTS) is 1. The van der Waals surface area contributed by atoms with Gasteiger partial charge in [0.15, 0.2) is 0 Å². The highest BCUT2D eigenvalue weighted by atomic mass is 16.4. The first-order valence-corrected chi connectivity index (χ1v) is 5.62. The van der Waals surface area contributed by atoms with Gasteiger partial charge in [-0.3, -0.25) is 4.90 Å². The molecule has 1 aliphatic carbocycles. The topological polar surface area (TPSA) is 52.6 Å². The van der Waals surface area contributed by atoms with E-state index in [2.05, 4.69) is 5.32 Å². The van der Waals surface area contributed by atoms with E-state index in [1.165, 1.54) is 0 Å². The molecular weight excluding hydrogens is 192 g/mol. The lowest BCUT2D eigenvalue weighted by Gasteiger charge is -2.46. The minimum atomic E-state index is -0.785. The highest BCUT2D eigenvalue weighted by Crippen LogP contribution is 2.42. The van der Waals surface area contributed by atoms with Crippen LogP contribution in [0.2, 0.25) is 0 Å². The van der Waals surface area contributed by atoms with Crippen molar-refractivity contribution in [3.63, 3.8) is 0 Å². The molecule has 1 aliphatic heterocycles. The highest BCUT2D eigenvalue weighted by molar-refractivity contribution is 5.67. The van der Waals surface area contributed by atoms with Crippen LogP contribution in [-0.4, -0.2) is 39.8 Å². The minimum Gasteiger partial charge on any atom is -0.465 e. The summed E-state index contributed by atoms with van der Waals surface area (Å²) in [4.78, 5) is 13.1. The van der Waals surface area contributed by atoms with Gasteiger partial charge in [-0.05, 0) is 40.0 Å². The molecule has 1 heterocycles. The maximum Gasteiger partial charge on any atom is 0.408 e. The fourth-order valence-corrected chi connectivity index (χ4v) is 3.26. The maximum absolute atomic E-state index is 11.4. The smallest absolute Gasteiger partial charge is 0.408 e. The predicted octanol–water partition coefficient (Wildman–Crippen LogP) is 1.66. The van der Waals surface area contributed by atoms with Gasteiger partial charge < -0.3 is 10.4 Å². The lowest BCUT2D eigenvalue weighted by molar-refractivity contribution is 0.0259. The lowest BCUT2D eigenvalue weighted by atomic mass is 9.91. The van der Waals surface area contributed by atoms with Gasteiger partial charge in [0, 0.05) is 18.1 Å². The van der Waals surface area contributed by atoms with Gasteiger partial charge in [-0.1, -0.05) is 0 Å². The van der Waals surface area contributed by atoms with Gasteiger partial charge >= 0.3 is 6.09 Å². The molecule has 2 aliphatic rings. The van der Waals surface area contributed by atoms with Crippen LogP contribution in [0.3, 0.4) is 0 Å². The second kappa shape index (κ2) is 3.11. The molecule has 2 N–H and O–H groups in total. The molecule has 0 aromatic heterocycles. The van der Waals surface area contributed by atoms with Crippen molar-refractivity contribution in [1.29, 1.82) is 0 Å². The molecule has 15 heavy (non-hydrogen) atoms. The van der Waals surface area contributed by atoms with Crippen molar-refractivity contribution in [2.45, 2.75) is 57.2 Å². The van der Waals surface area contributed by atoms with Crippen LogP contribution in [0.5, 0.6) is 0 Å². The fourth-order valence-electron chi connectivity index (χ4n) is 3.26. The first-order valence-electron chi connectivity index (χ1n) is 5.62. The quantitative estimate of drug-likeness (QED) is 0.695. The van der Waals surface area contributed by atoms with Crippen molar-refractivity contribution in [3.05, 3.63) is 0 Å². The average Bonchev–Trinajstić information content (AvgIpc) is 2.59. The minimum absolute atomic E-state index is 0.144. The van der Waals surface area contributed by atoms with E-state index in [0.29, 0.717) is 6.04 Å². The summed E-state index contributed by atoms with van der Waals surface area (Å²) in [6.45, 7) is 6.74. The number of hydrogen-bond donors (Lipinski definition) is 2. The van der Waals surface area contributed by atoms with E-state index in [0.717, 1.165) is 25.8 Å². The molecule has 0 radical (unpaired) electrons. The van der Waals surface area contributed by atoms with Gasteiger partial charge in [-0.2, -0.15) is 0 Å². The fraction of sp³-hybridized carbons (Fsp3) is 0.909. The SMILES string of the molecule is CC(C)(C)N(C(=O)O)C12CCC(C1)NC2. The van der Waals surface area contributed by atoms with Crippen LogP contribution < -0.4 is 5.32 Å². The first kappa shape index (κ1) is 10.7. The van der Waals surface area contributed by atoms with Gasteiger partial charge in [0.25, 0.3) is 0 Å². The monoisotopic (exact) mass is 212 g/mol. The Kier molecular flexibility index (Phi) is 2.23. The summed E-state index contributed by atoms with van der Waals surface area (Å²) in [5.41, 5.74) is -0.457. The molecule has 2 rings (SSSR count). The molecule has 0 aromatic carbocycles. The average molecular weight is 212 g/mol. The summed E-state index contributed by atoms with van der Waals surface area (Å²) < 4.78 is 0. The molecule has 1 saturated carbocycles. The van der Waals surface area contributed by atoms with Crippen LogP contribution in [-0.2, 0) is 0 Å². The van der Waals surface area contributed by atoms with E-state index in [9.17, 15) is 9.90 Å². The maximum atomic E-state index is 11.4. The highest BCUT2D eigenvalue weighted by Gasteiger charge is 2.53. The van der Waals surface area contributed by atoms with E-state index in [1.54, 1.807) is 4.90 Å². The van der Waals surface area contributed by atoms with Crippen molar-refractivity contribution in [2.75, 3.05) is 6.54 Å². The van der Waals surface area contributed by atoms with Crippen molar-refractivity contribution in [3.8, 4) is 0 Å². The van der Waals surface area contributed by atoms with E-state index < -0.39 is 6.09 Å². The van der Waals surface area contributed by atoms with E-state index in [4.69, 9.17) is 0 Å². The normalized spacial score (nSPS) is 34.5. The molecule has 2 bridgehead atoms. The van der Waals surface area contributed by atoms with Crippen molar-refractivity contribution < 1.29 is 9.90 Å². The number of rotatable bonds is 1. The van der Waals surface area contributed by atoms with Crippen LogP contribution in [0, 0.1) is 0 Å². The summed E-state index contributed by atoms with van der Waals surface area (Å²) in [5, 5.41) is 12.8. The lowest BCUT2D eigenvalue weighted by Crippen LogP contribution is -2.60. The van der Waals surface area contributed by atoms with Crippen molar-refractivity contribution >= 4 is 6.09 Å². The number of carbonyl (C=O) groups is 1. The van der Waals surface area contributed by atoms with Gasteiger partial charge in [0.1, 0.15) is 0 Å². The second-order valence-electron chi connectivity index (χ2n) is 5.83.